The van der Waals surface area contributed by atoms with Crippen LogP contribution < -0.4 is 14.4 Å². The lowest BCUT2D eigenvalue weighted by Crippen LogP contribution is -2.24. The Kier molecular flexibility index (Phi) is 7.07. The third-order valence-corrected chi connectivity index (χ3v) is 5.74. The Balaban J connectivity index is 1.79. The van der Waals surface area contributed by atoms with Crippen LogP contribution >= 0.6 is 15.9 Å². The Hall–Kier alpha value is -3.92. The molecule has 10 heteroatoms. The first-order valence-electron chi connectivity index (χ1n) is 10.2. The summed E-state index contributed by atoms with van der Waals surface area (Å²) in [6, 6.07) is 16.5. The predicted octanol–water partition coefficient (Wildman–Crippen LogP) is 5.63. The Morgan fingerprint density at radius 2 is 1.56 bits per heavy atom. The summed E-state index contributed by atoms with van der Waals surface area (Å²) in [5.74, 6) is 1.92. The number of rotatable bonds is 9. The van der Waals surface area contributed by atoms with Crippen molar-refractivity contribution in [2.75, 3.05) is 19.1 Å². The van der Waals surface area contributed by atoms with Crippen molar-refractivity contribution in [3.63, 3.8) is 0 Å². The van der Waals surface area contributed by atoms with Gasteiger partial charge in [-0.2, -0.15) is 0 Å². The smallest absolute Gasteiger partial charge is 0.312 e. The summed E-state index contributed by atoms with van der Waals surface area (Å²) in [4.78, 5) is 22.2. The second kappa shape index (κ2) is 10.3. The van der Waals surface area contributed by atoms with Crippen LogP contribution in [0.1, 0.15) is 11.1 Å². The van der Waals surface area contributed by atoms with E-state index in [1.807, 2.05) is 53.4 Å². The van der Waals surface area contributed by atoms with Crippen LogP contribution in [0.4, 0.5) is 11.5 Å². The molecule has 174 valence electrons. The van der Waals surface area contributed by atoms with Gasteiger partial charge in [0.15, 0.2) is 0 Å². The van der Waals surface area contributed by atoms with E-state index < -0.39 is 4.92 Å². The average molecular weight is 525 g/mol. The molecule has 0 N–H and O–H groups in total. The lowest BCUT2D eigenvalue weighted by Gasteiger charge is -2.24. The van der Waals surface area contributed by atoms with E-state index in [0.717, 1.165) is 22.6 Å². The van der Waals surface area contributed by atoms with E-state index in [1.165, 1.54) is 18.5 Å². The molecule has 0 aliphatic carbocycles. The predicted molar refractivity (Wildman–Crippen MR) is 130 cm³/mol. The van der Waals surface area contributed by atoms with Crippen molar-refractivity contribution in [2.45, 2.75) is 13.1 Å². The highest BCUT2D eigenvalue weighted by Crippen LogP contribution is 2.36. The number of oxazole rings is 1. The molecule has 2 aromatic heterocycles. The number of ether oxygens (including phenoxy) is 2. The van der Waals surface area contributed by atoms with Crippen LogP contribution in [0.2, 0.25) is 0 Å². The molecule has 2 aromatic carbocycles. The molecule has 4 rings (SSSR count). The molecule has 0 saturated carbocycles. The SMILES string of the molecule is COc1ccc(CN(Cc2ccc(OC)cc2)c2nc(-c3ncco3)c(Br)cc2[N+](=O)[O-])cc1. The van der Waals surface area contributed by atoms with Gasteiger partial charge in [0.05, 0.1) is 29.8 Å². The van der Waals surface area contributed by atoms with Gasteiger partial charge in [-0.05, 0) is 51.3 Å². The quantitative estimate of drug-likeness (QED) is 0.205. The van der Waals surface area contributed by atoms with Crippen molar-refractivity contribution < 1.29 is 18.8 Å². The number of aromatic nitrogens is 2. The van der Waals surface area contributed by atoms with Crippen molar-refractivity contribution in [3.8, 4) is 23.1 Å². The minimum Gasteiger partial charge on any atom is -0.497 e. The molecule has 0 atom stereocenters. The molecule has 0 unspecified atom stereocenters. The zero-order valence-corrected chi connectivity index (χ0v) is 20.1. The fraction of sp³-hybridized carbons (Fsp3) is 0.167. The summed E-state index contributed by atoms with van der Waals surface area (Å²) >= 11 is 3.37. The standard InChI is InChI=1S/C24H21BrN4O5/c1-32-18-7-3-16(4-8-18)14-28(15-17-5-9-19(33-2)10-6-17)23-21(29(30)31)13-20(25)22(27-23)24-26-11-12-34-24/h3-13H,14-15H2,1-2H3. The maximum Gasteiger partial charge on any atom is 0.312 e. The van der Waals surface area contributed by atoms with Gasteiger partial charge in [-0.3, -0.25) is 10.1 Å². The van der Waals surface area contributed by atoms with Crippen LogP contribution in [0.25, 0.3) is 11.6 Å². The molecule has 2 heterocycles. The summed E-state index contributed by atoms with van der Waals surface area (Å²) < 4.78 is 16.3. The lowest BCUT2D eigenvalue weighted by molar-refractivity contribution is -0.384. The Morgan fingerprint density at radius 3 is 2.00 bits per heavy atom. The van der Waals surface area contributed by atoms with Crippen LogP contribution in [0.15, 0.2) is 75.9 Å². The van der Waals surface area contributed by atoms with Crippen molar-refractivity contribution in [2.24, 2.45) is 0 Å². The molecule has 0 fully saturated rings. The van der Waals surface area contributed by atoms with E-state index in [4.69, 9.17) is 13.9 Å². The van der Waals surface area contributed by atoms with Gasteiger partial charge in [-0.25, -0.2) is 9.97 Å². The zero-order valence-electron chi connectivity index (χ0n) is 18.5. The fourth-order valence-corrected chi connectivity index (χ4v) is 3.91. The van der Waals surface area contributed by atoms with Crippen LogP contribution in [0.3, 0.4) is 0 Å². The van der Waals surface area contributed by atoms with Crippen LogP contribution in [-0.4, -0.2) is 29.1 Å². The number of nitro groups is 1. The first-order chi connectivity index (χ1) is 16.5. The summed E-state index contributed by atoms with van der Waals surface area (Å²) in [7, 11) is 3.20. The van der Waals surface area contributed by atoms with Gasteiger partial charge >= 0.3 is 5.69 Å². The number of nitrogens with zero attached hydrogens (tertiary/aromatic N) is 4. The van der Waals surface area contributed by atoms with Crippen LogP contribution in [0.5, 0.6) is 11.5 Å². The Bertz CT molecular complexity index is 1210. The summed E-state index contributed by atoms with van der Waals surface area (Å²) in [5, 5.41) is 12.0. The van der Waals surface area contributed by atoms with E-state index in [0.29, 0.717) is 23.3 Å². The Labute approximate surface area is 204 Å². The van der Waals surface area contributed by atoms with Gasteiger partial charge in [0.2, 0.25) is 11.7 Å². The second-order valence-electron chi connectivity index (χ2n) is 7.31. The van der Waals surface area contributed by atoms with Gasteiger partial charge in [-0.15, -0.1) is 0 Å². The molecule has 0 aliphatic heterocycles. The van der Waals surface area contributed by atoms with E-state index in [1.54, 1.807) is 14.2 Å². The third kappa shape index (κ3) is 5.18. The summed E-state index contributed by atoms with van der Waals surface area (Å²) in [6.45, 7) is 0.743. The molecule has 9 nitrogen and oxygen atoms in total. The van der Waals surface area contributed by atoms with Crippen molar-refractivity contribution in [1.82, 2.24) is 9.97 Å². The highest BCUT2D eigenvalue weighted by Gasteiger charge is 2.26. The fourth-order valence-electron chi connectivity index (χ4n) is 3.44. The normalized spacial score (nSPS) is 10.7. The molecule has 0 saturated heterocycles. The number of benzene rings is 2. The summed E-state index contributed by atoms with van der Waals surface area (Å²) in [6.07, 6.45) is 2.92. The van der Waals surface area contributed by atoms with Crippen LogP contribution in [0, 0.1) is 10.1 Å². The van der Waals surface area contributed by atoms with Crippen molar-refractivity contribution >= 4 is 27.4 Å². The molecule has 0 aliphatic rings. The minimum absolute atomic E-state index is 0.135. The van der Waals surface area contributed by atoms with E-state index in [2.05, 4.69) is 25.9 Å². The zero-order chi connectivity index (χ0) is 24.1. The Morgan fingerprint density at radius 1 is 1.00 bits per heavy atom. The number of halogens is 1. The molecule has 0 radical (unpaired) electrons. The lowest BCUT2D eigenvalue weighted by atomic mass is 10.1. The molecule has 34 heavy (non-hydrogen) atoms. The van der Waals surface area contributed by atoms with Crippen LogP contribution in [-0.2, 0) is 13.1 Å². The number of hydrogen-bond donors (Lipinski definition) is 0. The van der Waals surface area contributed by atoms with E-state index >= 15 is 0 Å². The van der Waals surface area contributed by atoms with Gasteiger partial charge in [-0.1, -0.05) is 24.3 Å². The molecule has 0 amide bonds. The summed E-state index contributed by atoms with van der Waals surface area (Å²) in [5.41, 5.74) is 2.11. The number of pyridine rings is 1. The maximum absolute atomic E-state index is 12.0. The minimum atomic E-state index is -0.443. The largest absolute Gasteiger partial charge is 0.497 e. The second-order valence-corrected chi connectivity index (χ2v) is 8.16. The topological polar surface area (TPSA) is 104 Å². The highest BCUT2D eigenvalue weighted by atomic mass is 79.9. The number of hydrogen-bond acceptors (Lipinski definition) is 8. The molecule has 0 spiro atoms. The highest BCUT2D eigenvalue weighted by molar-refractivity contribution is 9.10. The van der Waals surface area contributed by atoms with Gasteiger partial charge in [0.1, 0.15) is 23.5 Å². The van der Waals surface area contributed by atoms with E-state index in [-0.39, 0.29) is 17.4 Å². The average Bonchev–Trinajstić information content (AvgIpc) is 3.39. The number of methoxy groups -OCH3 is 2. The third-order valence-electron chi connectivity index (χ3n) is 5.13. The van der Waals surface area contributed by atoms with Gasteiger partial charge in [0, 0.05) is 19.2 Å². The molecular formula is C24H21BrN4O5. The van der Waals surface area contributed by atoms with Crippen molar-refractivity contribution in [1.29, 1.82) is 0 Å². The van der Waals surface area contributed by atoms with Gasteiger partial charge < -0.3 is 18.8 Å². The molecule has 0 bridgehead atoms. The first kappa shape index (κ1) is 23.2. The molecule has 4 aromatic rings. The monoisotopic (exact) mass is 524 g/mol. The van der Waals surface area contributed by atoms with Gasteiger partial charge in [0.25, 0.3) is 0 Å². The first-order valence-corrected chi connectivity index (χ1v) is 11.0. The maximum atomic E-state index is 12.0. The van der Waals surface area contributed by atoms with Crippen molar-refractivity contribution in [3.05, 3.63) is 92.8 Å². The molecular weight excluding hydrogens is 504 g/mol. The van der Waals surface area contributed by atoms with E-state index in [9.17, 15) is 10.1 Å². The number of anilines is 1.